The highest BCUT2D eigenvalue weighted by atomic mass is 16.5. The maximum atomic E-state index is 8.39. The molecule has 78 valence electrons. The van der Waals surface area contributed by atoms with E-state index in [1.54, 1.807) is 0 Å². The molecule has 0 aliphatic rings. The van der Waals surface area contributed by atoms with Gasteiger partial charge in [-0.1, -0.05) is 33.6 Å². The molecule has 0 aliphatic carbocycles. The van der Waals surface area contributed by atoms with Gasteiger partial charge in [-0.2, -0.15) is 0 Å². The molecule has 1 N–H and O–H groups in total. The van der Waals surface area contributed by atoms with Gasteiger partial charge in [-0.25, -0.2) is 0 Å². The fourth-order valence-corrected chi connectivity index (χ4v) is 1.30. The Hall–Kier alpha value is -0.660. The average molecular weight is 186 g/mol. The number of hydrogen-bond donors (Lipinski definition) is 1. The monoisotopic (exact) mass is 186 g/mol. The van der Waals surface area contributed by atoms with Gasteiger partial charge >= 0.3 is 0 Å². The minimum atomic E-state index is 0.608. The lowest BCUT2D eigenvalue weighted by Crippen LogP contribution is -2.14. The highest BCUT2D eigenvalue weighted by Gasteiger charge is 2.12. The molecule has 13 heavy (non-hydrogen) atoms. The second-order valence-electron chi connectivity index (χ2n) is 3.76. The molecule has 1 unspecified atom stereocenters. The van der Waals surface area contributed by atoms with Crippen LogP contribution in [0.4, 0.5) is 0 Å². The number of hydrogen-bond acceptors (Lipinski definition) is 2. The van der Waals surface area contributed by atoms with E-state index in [-0.39, 0.29) is 0 Å². The van der Waals surface area contributed by atoms with Gasteiger partial charge in [-0.15, -0.1) is 0 Å². The molecule has 0 aliphatic heterocycles. The van der Waals surface area contributed by atoms with Crippen LogP contribution in [-0.2, 0) is 4.74 Å². The Balaban J connectivity index is 3.66. The van der Waals surface area contributed by atoms with E-state index in [1.807, 2.05) is 0 Å². The SMILES string of the molecule is CCCCC(CO/C=C/O)C(C)C. The highest BCUT2D eigenvalue weighted by Crippen LogP contribution is 2.18. The van der Waals surface area contributed by atoms with Crippen LogP contribution in [0.25, 0.3) is 0 Å². The van der Waals surface area contributed by atoms with Crippen LogP contribution in [0.2, 0.25) is 0 Å². The van der Waals surface area contributed by atoms with Crippen molar-refractivity contribution in [2.24, 2.45) is 11.8 Å². The fraction of sp³-hybridized carbons (Fsp3) is 0.818. The van der Waals surface area contributed by atoms with Crippen molar-refractivity contribution < 1.29 is 9.84 Å². The third kappa shape index (κ3) is 6.50. The van der Waals surface area contributed by atoms with E-state index < -0.39 is 0 Å². The van der Waals surface area contributed by atoms with Gasteiger partial charge in [-0.3, -0.25) is 0 Å². The summed E-state index contributed by atoms with van der Waals surface area (Å²) in [7, 11) is 0. The predicted octanol–water partition coefficient (Wildman–Crippen LogP) is 3.49. The minimum Gasteiger partial charge on any atom is -0.512 e. The summed E-state index contributed by atoms with van der Waals surface area (Å²) >= 11 is 0. The van der Waals surface area contributed by atoms with E-state index in [2.05, 4.69) is 20.8 Å². The third-order valence-corrected chi connectivity index (χ3v) is 2.34. The Morgan fingerprint density at radius 2 is 2.08 bits per heavy atom. The number of aliphatic hydroxyl groups excluding tert-OH is 1. The lowest BCUT2D eigenvalue weighted by atomic mass is 9.91. The maximum absolute atomic E-state index is 8.39. The summed E-state index contributed by atoms with van der Waals surface area (Å²) in [6, 6.07) is 0. The first-order chi connectivity index (χ1) is 6.22. The molecule has 0 aromatic heterocycles. The largest absolute Gasteiger partial charge is 0.512 e. The molecular weight excluding hydrogens is 164 g/mol. The van der Waals surface area contributed by atoms with E-state index in [0.717, 1.165) is 6.26 Å². The van der Waals surface area contributed by atoms with Crippen molar-refractivity contribution in [2.75, 3.05) is 6.61 Å². The van der Waals surface area contributed by atoms with Gasteiger partial charge in [0.2, 0.25) is 0 Å². The summed E-state index contributed by atoms with van der Waals surface area (Å²) in [5.41, 5.74) is 0. The van der Waals surface area contributed by atoms with Gasteiger partial charge in [0.05, 0.1) is 6.61 Å². The average Bonchev–Trinajstić information content (AvgIpc) is 2.10. The van der Waals surface area contributed by atoms with Crippen molar-refractivity contribution in [1.82, 2.24) is 0 Å². The van der Waals surface area contributed by atoms with Gasteiger partial charge in [0.1, 0.15) is 12.5 Å². The molecule has 0 radical (unpaired) electrons. The highest BCUT2D eigenvalue weighted by molar-refractivity contribution is 4.65. The molecule has 0 amide bonds. The van der Waals surface area contributed by atoms with Crippen molar-refractivity contribution >= 4 is 0 Å². The van der Waals surface area contributed by atoms with Crippen molar-refractivity contribution in [3.63, 3.8) is 0 Å². The molecule has 1 atom stereocenters. The lowest BCUT2D eigenvalue weighted by Gasteiger charge is -2.19. The predicted molar refractivity (Wildman–Crippen MR) is 55.6 cm³/mol. The summed E-state index contributed by atoms with van der Waals surface area (Å²) in [4.78, 5) is 0. The molecule has 0 saturated heterocycles. The summed E-state index contributed by atoms with van der Waals surface area (Å²) in [5.74, 6) is 1.26. The lowest BCUT2D eigenvalue weighted by molar-refractivity contribution is 0.151. The van der Waals surface area contributed by atoms with Gasteiger partial charge < -0.3 is 9.84 Å². The minimum absolute atomic E-state index is 0.608. The molecule has 0 spiro atoms. The summed E-state index contributed by atoms with van der Waals surface area (Å²) in [5, 5.41) is 8.39. The molecule has 2 nitrogen and oxygen atoms in total. The van der Waals surface area contributed by atoms with Crippen LogP contribution in [0, 0.1) is 11.8 Å². The van der Waals surface area contributed by atoms with E-state index in [0.29, 0.717) is 18.4 Å². The van der Waals surface area contributed by atoms with E-state index >= 15 is 0 Å². The zero-order chi connectivity index (χ0) is 10.1. The van der Waals surface area contributed by atoms with Crippen LogP contribution in [0.1, 0.15) is 40.0 Å². The quantitative estimate of drug-likeness (QED) is 0.617. The molecule has 0 heterocycles. The molecule has 0 rings (SSSR count). The standard InChI is InChI=1S/C11H22O2/c1-4-5-6-11(10(2)3)9-13-8-7-12/h7-8,10-12H,4-6,9H2,1-3H3/b8-7+. The molecule has 0 fully saturated rings. The number of unbranched alkanes of at least 4 members (excludes halogenated alkanes) is 1. The Labute approximate surface area is 81.6 Å². The van der Waals surface area contributed by atoms with Gasteiger partial charge in [0.25, 0.3) is 0 Å². The summed E-state index contributed by atoms with van der Waals surface area (Å²) < 4.78 is 5.17. The first kappa shape index (κ1) is 12.3. The first-order valence-corrected chi connectivity index (χ1v) is 5.13. The molecule has 2 heteroatoms. The zero-order valence-electron chi connectivity index (χ0n) is 8.99. The normalized spacial score (nSPS) is 13.8. The molecule has 0 bridgehead atoms. The van der Waals surface area contributed by atoms with Crippen molar-refractivity contribution in [3.8, 4) is 0 Å². The Morgan fingerprint density at radius 1 is 1.38 bits per heavy atom. The topological polar surface area (TPSA) is 29.5 Å². The van der Waals surface area contributed by atoms with Gasteiger partial charge in [-0.05, 0) is 18.3 Å². The summed E-state index contributed by atoms with van der Waals surface area (Å²) in [6.07, 6.45) is 6.00. The zero-order valence-corrected chi connectivity index (χ0v) is 8.99. The third-order valence-electron chi connectivity index (χ3n) is 2.34. The van der Waals surface area contributed by atoms with Crippen LogP contribution < -0.4 is 0 Å². The number of ether oxygens (including phenoxy) is 1. The van der Waals surface area contributed by atoms with Crippen molar-refractivity contribution in [1.29, 1.82) is 0 Å². The molecule has 0 saturated carbocycles. The second kappa shape index (κ2) is 7.96. The van der Waals surface area contributed by atoms with Crippen molar-refractivity contribution in [2.45, 2.75) is 40.0 Å². The van der Waals surface area contributed by atoms with Gasteiger partial charge in [0.15, 0.2) is 0 Å². The smallest absolute Gasteiger partial charge is 0.117 e. The van der Waals surface area contributed by atoms with Crippen molar-refractivity contribution in [3.05, 3.63) is 12.5 Å². The maximum Gasteiger partial charge on any atom is 0.117 e. The fourth-order valence-electron chi connectivity index (χ4n) is 1.30. The molecule has 0 aromatic carbocycles. The molecule has 0 aromatic rings. The number of rotatable bonds is 7. The van der Waals surface area contributed by atoms with Crippen LogP contribution in [0.15, 0.2) is 12.5 Å². The van der Waals surface area contributed by atoms with Crippen LogP contribution >= 0.6 is 0 Å². The van der Waals surface area contributed by atoms with E-state index in [1.165, 1.54) is 25.5 Å². The summed E-state index contributed by atoms with van der Waals surface area (Å²) in [6.45, 7) is 7.35. The van der Waals surface area contributed by atoms with Gasteiger partial charge in [0, 0.05) is 0 Å². The van der Waals surface area contributed by atoms with Crippen LogP contribution in [0.5, 0.6) is 0 Å². The molecular formula is C11H22O2. The number of aliphatic hydroxyl groups is 1. The second-order valence-corrected chi connectivity index (χ2v) is 3.76. The first-order valence-electron chi connectivity index (χ1n) is 5.13. The van der Waals surface area contributed by atoms with E-state index in [9.17, 15) is 0 Å². The Morgan fingerprint density at radius 3 is 2.54 bits per heavy atom. The Bertz CT molecular complexity index is 130. The van der Waals surface area contributed by atoms with Crippen LogP contribution in [0.3, 0.4) is 0 Å². The Kier molecular flexibility index (Phi) is 7.56. The van der Waals surface area contributed by atoms with Crippen LogP contribution in [-0.4, -0.2) is 11.7 Å². The van der Waals surface area contributed by atoms with E-state index in [4.69, 9.17) is 9.84 Å².